The number of carbonyl (C=O) groups is 2. The number of anilines is 1. The molecule has 152 valence electrons. The summed E-state index contributed by atoms with van der Waals surface area (Å²) in [6.45, 7) is 1.26. The van der Waals surface area contributed by atoms with Gasteiger partial charge in [-0.05, 0) is 37.6 Å². The zero-order valence-electron chi connectivity index (χ0n) is 15.7. The highest BCUT2D eigenvalue weighted by atomic mass is 32.2. The number of carboxylic acids is 1. The topological polar surface area (TPSA) is 121 Å². The van der Waals surface area contributed by atoms with Crippen molar-refractivity contribution in [1.29, 1.82) is 0 Å². The molecule has 1 fully saturated rings. The summed E-state index contributed by atoms with van der Waals surface area (Å²) >= 11 is 0. The molecular weight excluding hydrogens is 386 g/mol. The lowest BCUT2D eigenvalue weighted by atomic mass is 10.0. The fourth-order valence-electron chi connectivity index (χ4n) is 2.73. The number of nitrogens with zero attached hydrogens (tertiary/aromatic N) is 1. The molecule has 8 nitrogen and oxygen atoms in total. The Morgan fingerprint density at radius 1 is 1.36 bits per heavy atom. The van der Waals surface area contributed by atoms with Crippen LogP contribution in [0.4, 0.5) is 10.5 Å². The first-order valence-corrected chi connectivity index (χ1v) is 10.6. The van der Waals surface area contributed by atoms with Gasteiger partial charge in [-0.2, -0.15) is 0 Å². The summed E-state index contributed by atoms with van der Waals surface area (Å²) in [5.41, 5.74) is 1.30. The van der Waals surface area contributed by atoms with Crippen molar-refractivity contribution in [1.82, 2.24) is 0 Å². The van der Waals surface area contributed by atoms with Crippen LogP contribution in [0.5, 0.6) is 0 Å². The number of carboxylic acid groups (broad SMARTS) is 1. The number of ether oxygens (including phenoxy) is 1. The zero-order chi connectivity index (χ0) is 20.9. The van der Waals surface area contributed by atoms with Crippen molar-refractivity contribution in [3.63, 3.8) is 0 Å². The van der Waals surface area contributed by atoms with Crippen LogP contribution in [0.15, 0.2) is 24.3 Å². The van der Waals surface area contributed by atoms with Gasteiger partial charge in [0.05, 0.1) is 6.54 Å². The van der Waals surface area contributed by atoms with E-state index >= 15 is 0 Å². The quantitative estimate of drug-likeness (QED) is 0.516. The van der Waals surface area contributed by atoms with Gasteiger partial charge in [0, 0.05) is 37.0 Å². The van der Waals surface area contributed by atoms with Gasteiger partial charge in [-0.25, -0.2) is 13.2 Å². The van der Waals surface area contributed by atoms with Gasteiger partial charge in [0.25, 0.3) is 0 Å². The molecule has 28 heavy (non-hydrogen) atoms. The molecule has 1 amide bonds. The lowest BCUT2D eigenvalue weighted by molar-refractivity contribution is -0.140. The van der Waals surface area contributed by atoms with E-state index in [9.17, 15) is 23.1 Å². The van der Waals surface area contributed by atoms with E-state index in [4.69, 9.17) is 9.84 Å². The molecule has 0 radical (unpaired) electrons. The molecule has 9 heteroatoms. The fraction of sp³-hybridized carbons (Fsp3) is 0.474. The van der Waals surface area contributed by atoms with Crippen molar-refractivity contribution in [2.75, 3.05) is 24.3 Å². The summed E-state index contributed by atoms with van der Waals surface area (Å²) in [6.07, 6.45) is 0.193. The Morgan fingerprint density at radius 2 is 2.00 bits per heavy atom. The number of aliphatic hydroxyl groups is 1. The van der Waals surface area contributed by atoms with Crippen molar-refractivity contribution in [2.24, 2.45) is 0 Å². The second-order valence-electron chi connectivity index (χ2n) is 6.80. The van der Waals surface area contributed by atoms with Crippen molar-refractivity contribution in [3.8, 4) is 11.8 Å². The summed E-state index contributed by atoms with van der Waals surface area (Å²) in [4.78, 5) is 25.0. The van der Waals surface area contributed by atoms with E-state index in [0.29, 0.717) is 18.5 Å². The third-order valence-corrected chi connectivity index (χ3v) is 6.61. The number of sulfone groups is 1. The highest BCUT2D eigenvalue weighted by Crippen LogP contribution is 2.30. The van der Waals surface area contributed by atoms with Gasteiger partial charge in [-0.3, -0.25) is 9.69 Å². The molecule has 1 aromatic carbocycles. The second kappa shape index (κ2) is 8.63. The normalized spacial score (nSPS) is 18.8. The average molecular weight is 409 g/mol. The molecule has 2 unspecified atom stereocenters. The van der Waals surface area contributed by atoms with E-state index < -0.39 is 32.8 Å². The smallest absolute Gasteiger partial charge is 0.414 e. The first kappa shape index (κ1) is 21.7. The largest absolute Gasteiger partial charge is 0.480 e. The van der Waals surface area contributed by atoms with Gasteiger partial charge in [0.2, 0.25) is 0 Å². The average Bonchev–Trinajstić information content (AvgIpc) is 2.98. The summed E-state index contributed by atoms with van der Waals surface area (Å²) in [5.74, 6) is 4.40. The molecule has 2 N–H and O–H groups in total. The highest BCUT2D eigenvalue weighted by molar-refractivity contribution is 7.92. The van der Waals surface area contributed by atoms with E-state index in [2.05, 4.69) is 11.8 Å². The van der Waals surface area contributed by atoms with Crippen LogP contribution in [0.2, 0.25) is 0 Å². The van der Waals surface area contributed by atoms with Crippen LogP contribution in [0.3, 0.4) is 0 Å². The predicted molar refractivity (Wildman–Crippen MR) is 103 cm³/mol. The molecule has 1 aliphatic heterocycles. The van der Waals surface area contributed by atoms with Crippen LogP contribution in [-0.4, -0.2) is 61.0 Å². The number of hydrogen-bond donors (Lipinski definition) is 2. The van der Waals surface area contributed by atoms with E-state index in [1.54, 1.807) is 24.3 Å². The van der Waals surface area contributed by atoms with E-state index in [1.807, 2.05) is 0 Å². The molecule has 0 aromatic heterocycles. The van der Waals surface area contributed by atoms with Crippen LogP contribution < -0.4 is 4.90 Å². The van der Waals surface area contributed by atoms with E-state index in [0.717, 1.165) is 18.7 Å². The van der Waals surface area contributed by atoms with Gasteiger partial charge in [-0.1, -0.05) is 11.8 Å². The lowest BCUT2D eigenvalue weighted by Crippen LogP contribution is -2.46. The predicted octanol–water partition coefficient (Wildman–Crippen LogP) is 1.41. The number of cyclic esters (lactones) is 1. The molecule has 0 bridgehead atoms. The minimum Gasteiger partial charge on any atom is -0.480 e. The zero-order valence-corrected chi connectivity index (χ0v) is 16.5. The Morgan fingerprint density at radius 3 is 2.54 bits per heavy atom. The minimum absolute atomic E-state index is 0.0543. The van der Waals surface area contributed by atoms with Gasteiger partial charge in [-0.15, -0.1) is 0 Å². The van der Waals surface area contributed by atoms with Crippen LogP contribution in [0, 0.1) is 11.8 Å². The number of hydrogen-bond acceptors (Lipinski definition) is 6. The van der Waals surface area contributed by atoms with Crippen molar-refractivity contribution >= 4 is 27.6 Å². The van der Waals surface area contributed by atoms with Gasteiger partial charge >= 0.3 is 12.1 Å². The number of amides is 1. The van der Waals surface area contributed by atoms with Crippen molar-refractivity contribution in [2.45, 2.75) is 37.0 Å². The van der Waals surface area contributed by atoms with Gasteiger partial charge in [0.15, 0.2) is 14.6 Å². The molecule has 2 atom stereocenters. The molecule has 0 aliphatic carbocycles. The van der Waals surface area contributed by atoms with Crippen molar-refractivity contribution in [3.05, 3.63) is 29.8 Å². The van der Waals surface area contributed by atoms with Crippen LogP contribution in [-0.2, 0) is 19.4 Å². The Labute approximate surface area is 164 Å². The number of benzene rings is 1. The molecule has 1 aliphatic rings. The summed E-state index contributed by atoms with van der Waals surface area (Å²) in [5, 5.41) is 18.1. The van der Waals surface area contributed by atoms with E-state index in [1.165, 1.54) is 4.90 Å². The first-order valence-electron chi connectivity index (χ1n) is 8.69. The minimum atomic E-state index is -3.91. The van der Waals surface area contributed by atoms with Crippen LogP contribution in [0.1, 0.15) is 31.7 Å². The Kier molecular flexibility index (Phi) is 6.69. The monoisotopic (exact) mass is 409 g/mol. The molecular formula is C19H23NO7S. The third-order valence-electron chi connectivity index (χ3n) is 4.63. The Hall–Kier alpha value is -2.57. The van der Waals surface area contributed by atoms with Gasteiger partial charge in [0.1, 0.15) is 6.10 Å². The fourth-order valence-corrected chi connectivity index (χ4v) is 3.53. The molecule has 1 aromatic rings. The number of aliphatic hydroxyl groups excluding tert-OH is 1. The molecule has 0 saturated carbocycles. The molecule has 2 rings (SSSR count). The first-order chi connectivity index (χ1) is 13.1. The number of aliphatic carboxylic acids is 1. The molecule has 0 spiro atoms. The maximum absolute atomic E-state index is 12.2. The molecule has 1 heterocycles. The van der Waals surface area contributed by atoms with E-state index in [-0.39, 0.29) is 19.6 Å². The third kappa shape index (κ3) is 4.82. The molecule has 1 saturated heterocycles. The van der Waals surface area contributed by atoms with Gasteiger partial charge < -0.3 is 14.9 Å². The summed E-state index contributed by atoms with van der Waals surface area (Å²) < 4.78 is 27.0. The number of unbranched alkanes of at least 4 members (excludes halogenated alkanes) is 1. The lowest BCUT2D eigenvalue weighted by Gasteiger charge is -2.24. The maximum Gasteiger partial charge on any atom is 0.414 e. The Bertz CT molecular complexity index is 898. The Balaban J connectivity index is 2.10. The maximum atomic E-state index is 12.2. The standard InChI is InChI=1S/C19H23NO7S/c1-19(17(22)23,28(2,25)26)12-16-13-20(18(24)27-16)15-9-7-14(8-10-15)6-4-3-5-11-21/h7-10,16,21H,3,5,11-13H2,1-2H3,(H,22,23). The summed E-state index contributed by atoms with van der Waals surface area (Å²) in [6, 6.07) is 6.85. The summed E-state index contributed by atoms with van der Waals surface area (Å²) in [7, 11) is -3.91. The second-order valence-corrected chi connectivity index (χ2v) is 9.25. The van der Waals surface area contributed by atoms with Crippen molar-refractivity contribution < 1.29 is 33.0 Å². The van der Waals surface area contributed by atoms with Crippen LogP contribution in [0.25, 0.3) is 0 Å². The number of carbonyl (C=O) groups excluding carboxylic acids is 1. The van der Waals surface area contributed by atoms with Crippen LogP contribution >= 0.6 is 0 Å². The highest BCUT2D eigenvalue weighted by Gasteiger charge is 2.48. The number of rotatable bonds is 7. The SMILES string of the molecule is CC(CC1CN(c2ccc(C#CCCCO)cc2)C(=O)O1)(C(=O)O)S(C)(=O)=O.